The highest BCUT2D eigenvalue weighted by Crippen LogP contribution is 2.32. The number of pyridine rings is 1. The Morgan fingerprint density at radius 2 is 1.58 bits per heavy atom. The Morgan fingerprint density at radius 3 is 2.27 bits per heavy atom. The van der Waals surface area contributed by atoms with Gasteiger partial charge < -0.3 is 25.4 Å². The molecule has 0 bridgehead atoms. The van der Waals surface area contributed by atoms with Crippen molar-refractivity contribution >= 4 is 29.1 Å². The molecule has 0 radical (unpaired) electrons. The van der Waals surface area contributed by atoms with Crippen molar-refractivity contribution in [1.29, 1.82) is 0 Å². The Morgan fingerprint density at radius 1 is 0.881 bits per heavy atom. The van der Waals surface area contributed by atoms with Crippen LogP contribution in [0.4, 0.5) is 4.39 Å². The fraction of sp³-hybridized carbons (Fsp3) is 0.477. The van der Waals surface area contributed by atoms with Gasteiger partial charge in [-0.05, 0) is 86.9 Å². The van der Waals surface area contributed by atoms with Gasteiger partial charge in [0.15, 0.2) is 5.01 Å². The zero-order valence-corrected chi connectivity index (χ0v) is 35.0. The quantitative estimate of drug-likeness (QED) is 0.152. The van der Waals surface area contributed by atoms with Crippen molar-refractivity contribution in [3.8, 4) is 22.8 Å². The van der Waals surface area contributed by atoms with Crippen molar-refractivity contribution in [1.82, 2.24) is 40.6 Å². The van der Waals surface area contributed by atoms with E-state index in [1.807, 2.05) is 44.4 Å². The number of ether oxygens (including phenoxy) is 2. The second-order valence-electron chi connectivity index (χ2n) is 16.1. The van der Waals surface area contributed by atoms with Crippen LogP contribution in [0.25, 0.3) is 11.1 Å². The van der Waals surface area contributed by atoms with Gasteiger partial charge in [-0.2, -0.15) is 0 Å². The number of benzene rings is 2. The number of nitrogens with zero attached hydrogens (tertiary/aromatic N) is 5. The van der Waals surface area contributed by atoms with E-state index in [9.17, 15) is 18.8 Å². The van der Waals surface area contributed by atoms with Crippen LogP contribution in [-0.2, 0) is 22.6 Å². The Balaban J connectivity index is 1.01. The van der Waals surface area contributed by atoms with Gasteiger partial charge in [0.25, 0.3) is 11.8 Å². The molecule has 1 saturated carbocycles. The lowest BCUT2D eigenvalue weighted by molar-refractivity contribution is -0.123. The first-order valence-corrected chi connectivity index (χ1v) is 21.6. The van der Waals surface area contributed by atoms with Crippen LogP contribution in [0.15, 0.2) is 60.1 Å². The van der Waals surface area contributed by atoms with Crippen molar-refractivity contribution in [3.63, 3.8) is 0 Å². The smallest absolute Gasteiger partial charge is 0.280 e. The number of carbonyl (C=O) groups is 3. The summed E-state index contributed by atoms with van der Waals surface area (Å²) in [4.78, 5) is 54.1. The van der Waals surface area contributed by atoms with E-state index in [-0.39, 0.29) is 41.4 Å². The number of morpholine rings is 1. The number of rotatable bonds is 14. The number of aromatic nitrogens is 2. The predicted octanol–water partition coefficient (Wildman–Crippen LogP) is 5.39. The van der Waals surface area contributed by atoms with Gasteiger partial charge in [-0.3, -0.25) is 29.1 Å². The van der Waals surface area contributed by atoms with Gasteiger partial charge >= 0.3 is 0 Å². The number of aryl methyl sites for hydroxylation is 1. The van der Waals surface area contributed by atoms with E-state index in [0.29, 0.717) is 56.2 Å². The molecule has 3 fully saturated rings. The summed E-state index contributed by atoms with van der Waals surface area (Å²) in [6, 6.07) is 15.5. The van der Waals surface area contributed by atoms with Crippen LogP contribution in [0.1, 0.15) is 76.5 Å². The van der Waals surface area contributed by atoms with E-state index in [4.69, 9.17) is 9.47 Å². The Kier molecular flexibility index (Phi) is 14.3. The number of amides is 3. The van der Waals surface area contributed by atoms with E-state index in [2.05, 4.69) is 58.8 Å². The molecule has 7 rings (SSSR count). The minimum Gasteiger partial charge on any atom is -0.438 e. The molecular weight excluding hydrogens is 772 g/mol. The number of piperazine rings is 1. The molecule has 3 N–H and O–H groups in total. The molecule has 15 heteroatoms. The molecule has 59 heavy (non-hydrogen) atoms. The van der Waals surface area contributed by atoms with Crippen LogP contribution in [0.3, 0.4) is 0 Å². The molecule has 4 heterocycles. The number of hydrogen-bond donors (Lipinski definition) is 3. The van der Waals surface area contributed by atoms with E-state index >= 15 is 0 Å². The van der Waals surface area contributed by atoms with Crippen LogP contribution >= 0.6 is 11.3 Å². The third-order valence-electron chi connectivity index (χ3n) is 11.0. The predicted molar refractivity (Wildman–Crippen MR) is 225 cm³/mol. The molecular formula is C44H55FN8O5S. The second-order valence-corrected chi connectivity index (χ2v) is 16.9. The monoisotopic (exact) mass is 826 g/mol. The summed E-state index contributed by atoms with van der Waals surface area (Å²) < 4.78 is 26.5. The van der Waals surface area contributed by atoms with E-state index in [1.54, 1.807) is 6.07 Å². The average molecular weight is 827 g/mol. The highest BCUT2D eigenvalue weighted by atomic mass is 32.1. The van der Waals surface area contributed by atoms with Crippen LogP contribution < -0.4 is 20.7 Å². The summed E-state index contributed by atoms with van der Waals surface area (Å²) in [5.74, 6) is -0.708. The summed E-state index contributed by atoms with van der Waals surface area (Å²) >= 11 is 1.32. The highest BCUT2D eigenvalue weighted by molar-refractivity contribution is 7.11. The number of halogens is 1. The topological polar surface area (TPSA) is 141 Å². The lowest BCUT2D eigenvalue weighted by Gasteiger charge is -2.34. The summed E-state index contributed by atoms with van der Waals surface area (Å²) in [5, 5.41) is 11.4. The maximum Gasteiger partial charge on any atom is 0.280 e. The lowest BCUT2D eigenvalue weighted by Crippen LogP contribution is -2.49. The Bertz CT molecular complexity index is 2080. The van der Waals surface area contributed by atoms with Crippen LogP contribution in [0.2, 0.25) is 0 Å². The molecule has 2 aromatic heterocycles. The fourth-order valence-corrected chi connectivity index (χ4v) is 8.65. The fourth-order valence-electron chi connectivity index (χ4n) is 7.95. The third kappa shape index (κ3) is 11.9. The van der Waals surface area contributed by atoms with Crippen molar-refractivity contribution in [2.24, 2.45) is 0 Å². The van der Waals surface area contributed by atoms with Gasteiger partial charge in [0.1, 0.15) is 17.1 Å². The second kappa shape index (κ2) is 20.0. The minimum atomic E-state index is -0.635. The number of carbonyl (C=O) groups excluding carboxylic acids is 3. The van der Waals surface area contributed by atoms with E-state index < -0.39 is 11.7 Å². The van der Waals surface area contributed by atoms with Crippen molar-refractivity contribution in [2.45, 2.75) is 77.7 Å². The van der Waals surface area contributed by atoms with E-state index in [0.717, 1.165) is 81.4 Å². The zero-order chi connectivity index (χ0) is 41.3. The highest BCUT2D eigenvalue weighted by Gasteiger charge is 2.27. The Labute approximate surface area is 349 Å². The molecule has 0 unspecified atom stereocenters. The molecule has 3 aliphatic rings. The summed E-state index contributed by atoms with van der Waals surface area (Å²) in [6.45, 7) is 14.4. The standard InChI is InChI=1S/C44H55FN8O5S/c1-29(2)47-40(54)27-52-15-13-51(14-16-52)25-31-7-12-38(33(21-31)26-53-17-19-57-20-18-53)32-5-4-6-37(22-32)58-43-39(23-34(45)24-46-43)41(55)49-35-8-10-36(11-9-35)50-42(56)44-48-30(3)28-59-44/h4-7,12,21-24,28-29,35-36H,8-11,13-20,25-27H2,1-3H3,(H,47,54)(H,49,55)(H,50,56). The molecule has 1 aliphatic carbocycles. The zero-order valence-electron chi connectivity index (χ0n) is 34.2. The molecule has 314 valence electrons. The van der Waals surface area contributed by atoms with Gasteiger partial charge in [0.05, 0.1) is 26.0 Å². The van der Waals surface area contributed by atoms with Crippen LogP contribution in [-0.4, -0.2) is 120 Å². The van der Waals surface area contributed by atoms with Crippen molar-refractivity contribution in [2.75, 3.05) is 59.0 Å². The maximum atomic E-state index is 14.6. The third-order valence-corrected chi connectivity index (χ3v) is 11.9. The summed E-state index contributed by atoms with van der Waals surface area (Å²) in [7, 11) is 0. The van der Waals surface area contributed by atoms with Gasteiger partial charge in [-0.1, -0.05) is 30.3 Å². The number of nitrogens with one attached hydrogen (secondary N) is 3. The number of thiazole rings is 1. The van der Waals surface area contributed by atoms with Crippen LogP contribution in [0.5, 0.6) is 11.6 Å². The van der Waals surface area contributed by atoms with Crippen molar-refractivity contribution < 1.29 is 28.2 Å². The van der Waals surface area contributed by atoms with Gasteiger partial charge in [-0.15, -0.1) is 11.3 Å². The molecule has 2 aromatic carbocycles. The van der Waals surface area contributed by atoms with Crippen LogP contribution in [0, 0.1) is 12.7 Å². The van der Waals surface area contributed by atoms with Gasteiger partial charge in [-0.25, -0.2) is 14.4 Å². The molecule has 0 atom stereocenters. The maximum absolute atomic E-state index is 14.6. The first kappa shape index (κ1) is 42.3. The lowest BCUT2D eigenvalue weighted by atomic mass is 9.91. The SMILES string of the molecule is Cc1csc(C(=O)NC2CCC(NC(=O)c3cc(F)cnc3Oc3cccc(-c4ccc(CN5CCN(CC(=O)NC(C)C)CC5)cc4CN4CCOCC4)c3)CC2)n1. The van der Waals surface area contributed by atoms with Gasteiger partial charge in [0.2, 0.25) is 11.8 Å². The molecule has 13 nitrogen and oxygen atoms in total. The molecule has 2 saturated heterocycles. The number of hydrogen-bond acceptors (Lipinski definition) is 11. The normalized spacial score (nSPS) is 19.3. The summed E-state index contributed by atoms with van der Waals surface area (Å²) in [5.41, 5.74) is 5.28. The molecule has 2 aliphatic heterocycles. The summed E-state index contributed by atoms with van der Waals surface area (Å²) in [6.07, 6.45) is 3.77. The average Bonchev–Trinajstić information content (AvgIpc) is 3.66. The van der Waals surface area contributed by atoms with E-state index in [1.165, 1.54) is 22.5 Å². The largest absolute Gasteiger partial charge is 0.438 e. The molecule has 4 aromatic rings. The van der Waals surface area contributed by atoms with Gasteiger partial charge in [0, 0.05) is 81.6 Å². The first-order chi connectivity index (χ1) is 28.5. The Hall–Kier alpha value is -4.80. The molecule has 3 amide bonds. The molecule has 0 spiro atoms. The minimum absolute atomic E-state index is 0.00935. The van der Waals surface area contributed by atoms with Crippen molar-refractivity contribution in [3.05, 3.63) is 93.3 Å². The first-order valence-electron chi connectivity index (χ1n) is 20.7.